The van der Waals surface area contributed by atoms with Crippen LogP contribution in [-0.4, -0.2) is 31.6 Å². The number of carboxylic acid groups (broad SMARTS) is 1. The maximum absolute atomic E-state index is 12.0. The van der Waals surface area contributed by atoms with Crippen LogP contribution in [0.25, 0.3) is 0 Å². The van der Waals surface area contributed by atoms with Crippen LogP contribution < -0.4 is 5.32 Å². The van der Waals surface area contributed by atoms with Crippen molar-refractivity contribution < 1.29 is 24.9 Å². The van der Waals surface area contributed by atoms with Crippen LogP contribution in [0.15, 0.2) is 18.2 Å². The molecule has 2 aromatic rings. The number of aromatic nitrogens is 1. The number of nitrogens with one attached hydrogen (secondary N) is 1. The van der Waals surface area contributed by atoms with Crippen molar-refractivity contribution in [2.45, 2.75) is 6.92 Å². The number of hydrogen-bond acceptors (Lipinski definition) is 6. The van der Waals surface area contributed by atoms with E-state index in [1.54, 1.807) is 0 Å². The average Bonchev–Trinajstić information content (AvgIpc) is 2.69. The Bertz CT molecular complexity index is 675. The Balaban J connectivity index is 2.30. The van der Waals surface area contributed by atoms with Gasteiger partial charge in [0, 0.05) is 11.6 Å². The number of phenols is 2. The van der Waals surface area contributed by atoms with Crippen molar-refractivity contribution in [3.63, 3.8) is 0 Å². The fraction of sp³-hybridized carbons (Fsp3) is 0.0833. The summed E-state index contributed by atoms with van der Waals surface area (Å²) in [6.07, 6.45) is 0. The molecule has 1 heterocycles. The molecule has 0 saturated carbocycles. The largest absolute Gasteiger partial charge is 0.508 e. The van der Waals surface area contributed by atoms with Gasteiger partial charge in [-0.2, -0.15) is 4.37 Å². The Kier molecular flexibility index (Phi) is 3.57. The van der Waals surface area contributed by atoms with Gasteiger partial charge in [0.1, 0.15) is 22.1 Å². The highest BCUT2D eigenvalue weighted by Gasteiger charge is 2.20. The number of rotatable bonds is 3. The molecule has 1 amide bonds. The van der Waals surface area contributed by atoms with Gasteiger partial charge in [0.2, 0.25) is 0 Å². The molecule has 0 aliphatic carbocycles. The Hall–Kier alpha value is -2.61. The molecule has 1 aromatic heterocycles. The van der Waals surface area contributed by atoms with Gasteiger partial charge >= 0.3 is 5.97 Å². The predicted molar refractivity (Wildman–Crippen MR) is 71.5 cm³/mol. The summed E-state index contributed by atoms with van der Waals surface area (Å²) in [4.78, 5) is 23.0. The number of aromatic carboxylic acids is 1. The number of amides is 1. The summed E-state index contributed by atoms with van der Waals surface area (Å²) < 4.78 is 3.87. The first-order chi connectivity index (χ1) is 9.38. The van der Waals surface area contributed by atoms with Crippen LogP contribution in [0.1, 0.15) is 26.4 Å². The van der Waals surface area contributed by atoms with Crippen molar-refractivity contribution >= 4 is 28.4 Å². The fourth-order valence-electron chi connectivity index (χ4n) is 1.61. The van der Waals surface area contributed by atoms with Crippen LogP contribution >= 0.6 is 11.5 Å². The Labute approximate surface area is 117 Å². The molecule has 104 valence electrons. The smallest absolute Gasteiger partial charge is 0.340 e. The Morgan fingerprint density at radius 2 is 1.80 bits per heavy atom. The van der Waals surface area contributed by atoms with E-state index in [9.17, 15) is 19.8 Å². The van der Waals surface area contributed by atoms with E-state index in [0.29, 0.717) is 5.69 Å². The molecule has 0 radical (unpaired) electrons. The van der Waals surface area contributed by atoms with Crippen molar-refractivity contribution in [2.24, 2.45) is 0 Å². The lowest BCUT2D eigenvalue weighted by atomic mass is 10.2. The number of benzene rings is 1. The summed E-state index contributed by atoms with van der Waals surface area (Å²) in [5.74, 6) is -2.38. The molecule has 1 aromatic carbocycles. The van der Waals surface area contributed by atoms with E-state index < -0.39 is 11.9 Å². The standard InChI is InChI=1S/C12H10N2O5S/c1-5-9(12(18)19)11(20-14-5)13-10(17)6-2-7(15)4-8(16)3-6/h2-4,15-16H,1H3,(H,13,17)(H,18,19). The minimum absolute atomic E-state index is 0.00453. The van der Waals surface area contributed by atoms with E-state index in [-0.39, 0.29) is 27.6 Å². The second kappa shape index (κ2) is 5.17. The first-order valence-corrected chi connectivity index (χ1v) is 6.19. The molecule has 0 saturated heterocycles. The molecule has 4 N–H and O–H groups in total. The summed E-state index contributed by atoms with van der Waals surface area (Å²) in [5.41, 5.74) is 0.231. The van der Waals surface area contributed by atoms with E-state index in [4.69, 9.17) is 5.11 Å². The molecule has 0 spiro atoms. The molecule has 0 atom stereocenters. The van der Waals surface area contributed by atoms with Gasteiger partial charge in [-0.25, -0.2) is 4.79 Å². The van der Waals surface area contributed by atoms with Gasteiger partial charge in [-0.15, -0.1) is 0 Å². The molecular weight excluding hydrogens is 284 g/mol. The number of carbonyl (C=O) groups excluding carboxylic acids is 1. The van der Waals surface area contributed by atoms with E-state index >= 15 is 0 Å². The number of aromatic hydroxyl groups is 2. The normalized spacial score (nSPS) is 10.2. The number of phenolic OH excluding ortho intramolecular Hbond substituents is 2. The zero-order chi connectivity index (χ0) is 14.9. The van der Waals surface area contributed by atoms with Crippen molar-refractivity contribution in [3.8, 4) is 11.5 Å². The van der Waals surface area contributed by atoms with Crippen LogP contribution in [0, 0.1) is 6.92 Å². The molecule has 7 nitrogen and oxygen atoms in total. The van der Waals surface area contributed by atoms with Crippen molar-refractivity contribution in [2.75, 3.05) is 5.32 Å². The second-order valence-electron chi connectivity index (χ2n) is 3.97. The Morgan fingerprint density at radius 1 is 1.20 bits per heavy atom. The lowest BCUT2D eigenvalue weighted by Crippen LogP contribution is -2.13. The van der Waals surface area contributed by atoms with Crippen LogP contribution in [0.4, 0.5) is 5.00 Å². The lowest BCUT2D eigenvalue weighted by molar-refractivity contribution is 0.0697. The third kappa shape index (κ3) is 2.69. The quantitative estimate of drug-likeness (QED) is 0.685. The van der Waals surface area contributed by atoms with E-state index in [1.165, 1.54) is 6.92 Å². The SMILES string of the molecule is Cc1nsc(NC(=O)c2cc(O)cc(O)c2)c1C(=O)O. The highest BCUT2D eigenvalue weighted by Crippen LogP contribution is 2.26. The summed E-state index contributed by atoms with van der Waals surface area (Å²) in [7, 11) is 0. The van der Waals surface area contributed by atoms with Gasteiger partial charge in [0.25, 0.3) is 5.91 Å². The third-order valence-corrected chi connectivity index (χ3v) is 3.32. The van der Waals surface area contributed by atoms with Crippen LogP contribution in [0.2, 0.25) is 0 Å². The monoisotopic (exact) mass is 294 g/mol. The zero-order valence-corrected chi connectivity index (χ0v) is 11.1. The fourth-order valence-corrected chi connectivity index (χ4v) is 2.39. The van der Waals surface area contributed by atoms with Gasteiger partial charge in [0.05, 0.1) is 5.69 Å². The first kappa shape index (κ1) is 13.8. The van der Waals surface area contributed by atoms with Gasteiger partial charge < -0.3 is 20.6 Å². The number of carbonyl (C=O) groups is 2. The number of hydrogen-bond donors (Lipinski definition) is 4. The summed E-state index contributed by atoms with van der Waals surface area (Å²) in [6.45, 7) is 1.52. The average molecular weight is 294 g/mol. The first-order valence-electron chi connectivity index (χ1n) is 5.42. The topological polar surface area (TPSA) is 120 Å². The molecule has 2 rings (SSSR count). The van der Waals surface area contributed by atoms with Crippen LogP contribution in [0.5, 0.6) is 11.5 Å². The summed E-state index contributed by atoms with van der Waals surface area (Å²) >= 11 is 0.848. The van der Waals surface area contributed by atoms with Crippen molar-refractivity contribution in [1.82, 2.24) is 4.37 Å². The van der Waals surface area contributed by atoms with Gasteiger partial charge in [-0.3, -0.25) is 4.79 Å². The molecule has 0 fully saturated rings. The molecule has 0 aliphatic rings. The third-order valence-electron chi connectivity index (χ3n) is 2.47. The number of aryl methyl sites for hydroxylation is 1. The molecule has 0 unspecified atom stereocenters. The highest BCUT2D eigenvalue weighted by atomic mass is 32.1. The second-order valence-corrected chi connectivity index (χ2v) is 4.74. The number of anilines is 1. The summed E-state index contributed by atoms with van der Waals surface area (Å²) in [6, 6.07) is 3.39. The van der Waals surface area contributed by atoms with E-state index in [2.05, 4.69) is 9.69 Å². The molecule has 20 heavy (non-hydrogen) atoms. The van der Waals surface area contributed by atoms with Crippen molar-refractivity contribution in [3.05, 3.63) is 35.0 Å². The molecule has 0 bridgehead atoms. The van der Waals surface area contributed by atoms with E-state index in [1.807, 2.05) is 0 Å². The minimum Gasteiger partial charge on any atom is -0.508 e. The number of nitrogens with zero attached hydrogens (tertiary/aromatic N) is 1. The predicted octanol–water partition coefficient (Wildman–Crippen LogP) is 1.81. The molecule has 8 heteroatoms. The maximum atomic E-state index is 12.0. The Morgan fingerprint density at radius 3 is 2.35 bits per heavy atom. The minimum atomic E-state index is -1.19. The summed E-state index contributed by atoms with van der Waals surface area (Å²) in [5, 5.41) is 30.2. The number of carboxylic acids is 1. The zero-order valence-electron chi connectivity index (χ0n) is 10.2. The van der Waals surface area contributed by atoms with E-state index in [0.717, 1.165) is 29.7 Å². The van der Waals surface area contributed by atoms with Gasteiger partial charge in [-0.1, -0.05) is 0 Å². The lowest BCUT2D eigenvalue weighted by Gasteiger charge is -2.05. The van der Waals surface area contributed by atoms with Crippen molar-refractivity contribution in [1.29, 1.82) is 0 Å². The van der Waals surface area contributed by atoms with Gasteiger partial charge in [0.15, 0.2) is 0 Å². The molecule has 0 aliphatic heterocycles. The van der Waals surface area contributed by atoms with Crippen LogP contribution in [0.3, 0.4) is 0 Å². The van der Waals surface area contributed by atoms with Crippen LogP contribution in [-0.2, 0) is 0 Å². The molecular formula is C12H10N2O5S. The highest BCUT2D eigenvalue weighted by molar-refractivity contribution is 7.11. The van der Waals surface area contributed by atoms with Gasteiger partial charge in [-0.05, 0) is 30.6 Å². The maximum Gasteiger partial charge on any atom is 0.340 e.